The number of nitrogens with one attached hydrogen (secondary N) is 1. The van der Waals surface area contributed by atoms with Gasteiger partial charge in [0.2, 0.25) is 0 Å². The number of benzene rings is 2. The summed E-state index contributed by atoms with van der Waals surface area (Å²) in [6.45, 7) is 1.12. The quantitative estimate of drug-likeness (QED) is 0.588. The van der Waals surface area contributed by atoms with Gasteiger partial charge < -0.3 is 10.2 Å². The Morgan fingerprint density at radius 1 is 1.00 bits per heavy atom. The molecule has 8 heteroatoms. The third-order valence-electron chi connectivity index (χ3n) is 6.21. The number of nitriles is 1. The van der Waals surface area contributed by atoms with Gasteiger partial charge in [-0.05, 0) is 55.9 Å². The molecule has 5 rings (SSSR count). The van der Waals surface area contributed by atoms with Crippen LogP contribution in [0.5, 0.6) is 0 Å². The molecule has 0 unspecified atom stereocenters. The van der Waals surface area contributed by atoms with E-state index in [2.05, 4.69) is 16.3 Å². The standard InChI is InChI=1S/C24H22F3N5/c25-16-2-5-18(19(26)12-16)22(27)15-7-9-32(10-8-15)24-23(29-17-3-4-17)30-21-11-14(13-28)1-6-20(21)31-24/h1-2,5-6,11-12,15,17,22H,3-4,7-10H2,(H,29,30)/t22-/m1/s1. The van der Waals surface area contributed by atoms with Gasteiger partial charge in [0.1, 0.15) is 17.8 Å². The van der Waals surface area contributed by atoms with Gasteiger partial charge in [0.05, 0.1) is 22.7 Å². The van der Waals surface area contributed by atoms with Crippen LogP contribution in [0.2, 0.25) is 0 Å². The van der Waals surface area contributed by atoms with Crippen LogP contribution in [0.4, 0.5) is 24.8 Å². The molecule has 2 heterocycles. The molecule has 164 valence electrons. The highest BCUT2D eigenvalue weighted by molar-refractivity contribution is 5.82. The fourth-order valence-electron chi connectivity index (χ4n) is 4.24. The van der Waals surface area contributed by atoms with Crippen LogP contribution >= 0.6 is 0 Å². The number of anilines is 2. The van der Waals surface area contributed by atoms with Gasteiger partial charge in [-0.25, -0.2) is 23.1 Å². The van der Waals surface area contributed by atoms with Crippen LogP contribution in [0.3, 0.4) is 0 Å². The van der Waals surface area contributed by atoms with Crippen LogP contribution in [0.15, 0.2) is 36.4 Å². The largest absolute Gasteiger partial charge is 0.364 e. The van der Waals surface area contributed by atoms with Crippen molar-refractivity contribution in [3.05, 3.63) is 59.2 Å². The highest BCUT2D eigenvalue weighted by Gasteiger charge is 2.32. The minimum Gasteiger partial charge on any atom is -0.364 e. The second-order valence-corrected chi connectivity index (χ2v) is 8.52. The van der Waals surface area contributed by atoms with Crippen molar-refractivity contribution in [3.8, 4) is 6.07 Å². The molecule has 1 saturated heterocycles. The molecule has 1 atom stereocenters. The number of aromatic nitrogens is 2. The Labute approximate surface area is 183 Å². The van der Waals surface area contributed by atoms with Gasteiger partial charge >= 0.3 is 0 Å². The molecule has 1 saturated carbocycles. The van der Waals surface area contributed by atoms with E-state index in [1.54, 1.807) is 18.2 Å². The van der Waals surface area contributed by atoms with E-state index < -0.39 is 17.8 Å². The van der Waals surface area contributed by atoms with Crippen molar-refractivity contribution >= 4 is 22.7 Å². The van der Waals surface area contributed by atoms with E-state index in [9.17, 15) is 8.78 Å². The molecule has 2 fully saturated rings. The molecule has 0 bridgehead atoms. The first-order chi connectivity index (χ1) is 15.5. The van der Waals surface area contributed by atoms with E-state index in [4.69, 9.17) is 15.2 Å². The Kier molecular flexibility index (Phi) is 5.33. The average Bonchev–Trinajstić information content (AvgIpc) is 3.62. The van der Waals surface area contributed by atoms with Crippen LogP contribution in [0, 0.1) is 28.9 Å². The Morgan fingerprint density at radius 3 is 2.47 bits per heavy atom. The number of piperidine rings is 1. The Balaban J connectivity index is 1.37. The minimum absolute atomic E-state index is 0.0836. The number of alkyl halides is 1. The lowest BCUT2D eigenvalue weighted by Crippen LogP contribution is -2.36. The number of fused-ring (bicyclic) bond motifs is 1. The van der Waals surface area contributed by atoms with E-state index in [1.165, 1.54) is 6.07 Å². The molecule has 5 nitrogen and oxygen atoms in total. The topological polar surface area (TPSA) is 64.8 Å². The van der Waals surface area contributed by atoms with Gasteiger partial charge in [-0.2, -0.15) is 5.26 Å². The van der Waals surface area contributed by atoms with E-state index >= 15 is 4.39 Å². The monoisotopic (exact) mass is 437 g/mol. The number of halogens is 3. The van der Waals surface area contributed by atoms with Crippen molar-refractivity contribution in [1.82, 2.24) is 9.97 Å². The van der Waals surface area contributed by atoms with Crippen LogP contribution in [0.25, 0.3) is 11.0 Å². The molecule has 1 aliphatic carbocycles. The lowest BCUT2D eigenvalue weighted by molar-refractivity contribution is 0.193. The third kappa shape index (κ3) is 4.07. The summed E-state index contributed by atoms with van der Waals surface area (Å²) in [6, 6.07) is 10.7. The SMILES string of the molecule is N#Cc1ccc2nc(N3CCC([C@@H](F)c4ccc(F)cc4F)CC3)c(NC3CC3)nc2c1. The molecular formula is C24H22F3N5. The molecule has 1 aliphatic heterocycles. The van der Waals surface area contributed by atoms with Crippen LogP contribution in [0.1, 0.15) is 43.0 Å². The zero-order chi connectivity index (χ0) is 22.2. The lowest BCUT2D eigenvalue weighted by atomic mass is 9.88. The van der Waals surface area contributed by atoms with E-state index in [1.807, 2.05) is 0 Å². The molecule has 1 aromatic heterocycles. The van der Waals surface area contributed by atoms with Gasteiger partial charge in [0.25, 0.3) is 0 Å². The zero-order valence-electron chi connectivity index (χ0n) is 17.4. The lowest BCUT2D eigenvalue weighted by Gasteiger charge is -2.35. The normalized spacial score (nSPS) is 17.9. The summed E-state index contributed by atoms with van der Waals surface area (Å²) < 4.78 is 42.3. The fourth-order valence-corrected chi connectivity index (χ4v) is 4.24. The summed E-state index contributed by atoms with van der Waals surface area (Å²) in [5.74, 6) is -0.503. The van der Waals surface area contributed by atoms with Gasteiger partial charge in [-0.3, -0.25) is 0 Å². The molecule has 0 radical (unpaired) electrons. The minimum atomic E-state index is -1.48. The number of nitrogens with zero attached hydrogens (tertiary/aromatic N) is 4. The predicted molar refractivity (Wildman–Crippen MR) is 116 cm³/mol. The van der Waals surface area contributed by atoms with E-state index in [0.717, 1.165) is 30.8 Å². The predicted octanol–water partition coefficient (Wildman–Crippen LogP) is 5.28. The van der Waals surface area contributed by atoms with E-state index in [-0.39, 0.29) is 11.5 Å². The van der Waals surface area contributed by atoms with Gasteiger partial charge in [0.15, 0.2) is 11.6 Å². The van der Waals surface area contributed by atoms with Crippen molar-refractivity contribution in [2.24, 2.45) is 5.92 Å². The first-order valence-corrected chi connectivity index (χ1v) is 10.8. The second-order valence-electron chi connectivity index (χ2n) is 8.52. The molecule has 1 N–H and O–H groups in total. The Morgan fingerprint density at radius 2 is 1.78 bits per heavy atom. The Hall–Kier alpha value is -3.34. The maximum Gasteiger partial charge on any atom is 0.172 e. The number of hydrogen-bond donors (Lipinski definition) is 1. The summed E-state index contributed by atoms with van der Waals surface area (Å²) in [4.78, 5) is 11.6. The first kappa shape index (κ1) is 20.6. The second kappa shape index (κ2) is 8.30. The summed E-state index contributed by atoms with van der Waals surface area (Å²) in [6.07, 6.45) is 1.72. The summed E-state index contributed by atoms with van der Waals surface area (Å²) in [5.41, 5.74) is 1.79. The summed E-state index contributed by atoms with van der Waals surface area (Å²) in [5, 5.41) is 12.6. The third-order valence-corrected chi connectivity index (χ3v) is 6.21. The smallest absolute Gasteiger partial charge is 0.172 e. The molecule has 0 spiro atoms. The maximum absolute atomic E-state index is 15.0. The molecule has 32 heavy (non-hydrogen) atoms. The van der Waals surface area contributed by atoms with Crippen molar-refractivity contribution in [3.63, 3.8) is 0 Å². The number of rotatable bonds is 5. The van der Waals surface area contributed by atoms with Gasteiger partial charge in [-0.1, -0.05) is 6.07 Å². The molecular weight excluding hydrogens is 415 g/mol. The van der Waals surface area contributed by atoms with Crippen LogP contribution in [-0.2, 0) is 0 Å². The fraction of sp³-hybridized carbons (Fsp3) is 0.375. The number of hydrogen-bond acceptors (Lipinski definition) is 5. The summed E-state index contributed by atoms with van der Waals surface area (Å²) >= 11 is 0. The van der Waals surface area contributed by atoms with Crippen molar-refractivity contribution in [2.75, 3.05) is 23.3 Å². The van der Waals surface area contributed by atoms with Crippen molar-refractivity contribution < 1.29 is 13.2 Å². The van der Waals surface area contributed by atoms with Crippen LogP contribution < -0.4 is 10.2 Å². The van der Waals surface area contributed by atoms with Crippen LogP contribution in [-0.4, -0.2) is 29.1 Å². The molecule has 0 amide bonds. The van der Waals surface area contributed by atoms with Gasteiger partial charge in [0, 0.05) is 30.8 Å². The van der Waals surface area contributed by atoms with Crippen molar-refractivity contribution in [1.29, 1.82) is 5.26 Å². The molecule has 3 aromatic rings. The first-order valence-electron chi connectivity index (χ1n) is 10.8. The highest BCUT2D eigenvalue weighted by atomic mass is 19.1. The molecule has 2 aliphatic rings. The average molecular weight is 437 g/mol. The van der Waals surface area contributed by atoms with Gasteiger partial charge in [-0.15, -0.1) is 0 Å². The molecule has 2 aromatic carbocycles. The Bertz CT molecular complexity index is 1200. The zero-order valence-corrected chi connectivity index (χ0v) is 17.4. The van der Waals surface area contributed by atoms with E-state index in [0.29, 0.717) is 54.4 Å². The highest BCUT2D eigenvalue weighted by Crippen LogP contribution is 2.38. The maximum atomic E-state index is 15.0. The summed E-state index contributed by atoms with van der Waals surface area (Å²) in [7, 11) is 0. The van der Waals surface area contributed by atoms with Crippen molar-refractivity contribution in [2.45, 2.75) is 37.9 Å².